The molecule has 0 N–H and O–H groups in total. The molecule has 1 unspecified atom stereocenters. The van der Waals surface area contributed by atoms with Crippen LogP contribution in [0.3, 0.4) is 0 Å². The van der Waals surface area contributed by atoms with Crippen molar-refractivity contribution in [2.45, 2.75) is 83.3 Å². The molecule has 1 aromatic carbocycles. The zero-order valence-corrected chi connectivity index (χ0v) is 18.9. The van der Waals surface area contributed by atoms with E-state index in [1.807, 2.05) is 39.4 Å². The first-order valence-electron chi connectivity index (χ1n) is 11.4. The highest BCUT2D eigenvalue weighted by Gasteiger charge is 2.46. The van der Waals surface area contributed by atoms with Crippen molar-refractivity contribution in [3.63, 3.8) is 0 Å². The number of nitrogens with zero attached hydrogens (tertiary/aromatic N) is 2. The number of para-hydroxylation sites is 1. The second-order valence-electron chi connectivity index (χ2n) is 8.49. The smallest absolute Gasteiger partial charge is 0.254 e. The van der Waals surface area contributed by atoms with Crippen LogP contribution in [0.25, 0.3) is 0 Å². The Hall–Kier alpha value is -2.14. The molecule has 1 saturated carbocycles. The molecule has 0 bridgehead atoms. The van der Waals surface area contributed by atoms with Crippen LogP contribution in [0, 0.1) is 0 Å². The van der Waals surface area contributed by atoms with Gasteiger partial charge >= 0.3 is 0 Å². The van der Waals surface area contributed by atoms with Gasteiger partial charge in [0.1, 0.15) is 6.04 Å². The molecule has 1 aliphatic heterocycles. The fourth-order valence-corrected chi connectivity index (χ4v) is 5.90. The number of amides is 2. The minimum atomic E-state index is -0.500. The normalized spacial score (nSPS) is 19.4. The predicted octanol–water partition coefficient (Wildman–Crippen LogP) is 5.73. The van der Waals surface area contributed by atoms with Crippen molar-refractivity contribution >= 4 is 28.8 Å². The molecule has 30 heavy (non-hydrogen) atoms. The van der Waals surface area contributed by atoms with Crippen molar-refractivity contribution < 1.29 is 9.59 Å². The van der Waals surface area contributed by atoms with Crippen LogP contribution in [0.4, 0.5) is 5.69 Å². The summed E-state index contributed by atoms with van der Waals surface area (Å²) < 4.78 is 0. The van der Waals surface area contributed by atoms with Crippen molar-refractivity contribution in [2.75, 3.05) is 4.90 Å². The lowest BCUT2D eigenvalue weighted by Gasteiger charge is -2.36. The number of carbonyl (C=O) groups excluding carboxylic acids is 2. The molecule has 0 radical (unpaired) electrons. The highest BCUT2D eigenvalue weighted by Crippen LogP contribution is 2.44. The Morgan fingerprint density at radius 1 is 1.10 bits per heavy atom. The molecule has 1 aliphatic carbocycles. The van der Waals surface area contributed by atoms with Crippen molar-refractivity contribution in [1.29, 1.82) is 0 Å². The van der Waals surface area contributed by atoms with E-state index < -0.39 is 6.04 Å². The number of hydrogen-bond donors (Lipinski definition) is 0. The third kappa shape index (κ3) is 3.92. The highest BCUT2D eigenvalue weighted by atomic mass is 32.1. The Morgan fingerprint density at radius 2 is 1.83 bits per heavy atom. The van der Waals surface area contributed by atoms with Crippen LogP contribution in [0.5, 0.6) is 0 Å². The lowest BCUT2D eigenvalue weighted by atomic mass is 9.94. The molecule has 2 aliphatic rings. The number of thiophene rings is 1. The van der Waals surface area contributed by atoms with Gasteiger partial charge in [0, 0.05) is 28.2 Å². The van der Waals surface area contributed by atoms with Gasteiger partial charge in [-0.15, -0.1) is 11.3 Å². The Kier molecular flexibility index (Phi) is 6.57. The second kappa shape index (κ2) is 9.34. The Bertz CT molecular complexity index is 869. The fourth-order valence-electron chi connectivity index (χ4n) is 5.20. The largest absolute Gasteiger partial charge is 0.323 e. The zero-order chi connectivity index (χ0) is 21.1. The van der Waals surface area contributed by atoms with E-state index >= 15 is 0 Å². The van der Waals surface area contributed by atoms with Gasteiger partial charge in [-0.2, -0.15) is 0 Å². The molecule has 0 spiro atoms. The van der Waals surface area contributed by atoms with E-state index in [4.69, 9.17) is 0 Å². The van der Waals surface area contributed by atoms with Crippen LogP contribution >= 0.6 is 11.3 Å². The van der Waals surface area contributed by atoms with Gasteiger partial charge in [-0.05, 0) is 43.2 Å². The van der Waals surface area contributed by atoms with E-state index in [-0.39, 0.29) is 23.9 Å². The van der Waals surface area contributed by atoms with E-state index in [9.17, 15) is 9.59 Å². The summed E-state index contributed by atoms with van der Waals surface area (Å²) in [6, 6.07) is 11.9. The summed E-state index contributed by atoms with van der Waals surface area (Å²) in [6.45, 7) is 4.23. The molecule has 160 valence electrons. The molecule has 5 heteroatoms. The molecular weight excluding hydrogens is 392 g/mol. The van der Waals surface area contributed by atoms with Gasteiger partial charge in [-0.1, -0.05) is 57.4 Å². The second-order valence-corrected chi connectivity index (χ2v) is 9.52. The molecule has 1 fully saturated rings. The Morgan fingerprint density at radius 3 is 2.50 bits per heavy atom. The zero-order valence-electron chi connectivity index (χ0n) is 18.0. The number of rotatable bonds is 7. The number of carbonyl (C=O) groups is 2. The lowest BCUT2D eigenvalue weighted by molar-refractivity contribution is -0.141. The van der Waals surface area contributed by atoms with Gasteiger partial charge in [0.2, 0.25) is 5.91 Å². The molecule has 4 rings (SSSR count). The topological polar surface area (TPSA) is 40.6 Å². The van der Waals surface area contributed by atoms with Gasteiger partial charge in [0.25, 0.3) is 5.91 Å². The molecule has 2 heterocycles. The molecule has 2 amide bonds. The maximum absolute atomic E-state index is 13.9. The van der Waals surface area contributed by atoms with Crippen LogP contribution in [0.15, 0.2) is 41.8 Å². The van der Waals surface area contributed by atoms with Gasteiger partial charge < -0.3 is 9.80 Å². The SMILES string of the molecule is CCC(CC)N(C(=O)Cc1cccs1)C1C(=O)N(C2CCCCC2)c2ccccc21. The van der Waals surface area contributed by atoms with Crippen molar-refractivity contribution in [3.8, 4) is 0 Å². The first-order valence-corrected chi connectivity index (χ1v) is 12.3. The van der Waals surface area contributed by atoms with Crippen LogP contribution in [-0.2, 0) is 16.0 Å². The molecule has 1 atom stereocenters. The van der Waals surface area contributed by atoms with E-state index in [0.29, 0.717) is 6.42 Å². The van der Waals surface area contributed by atoms with E-state index in [0.717, 1.165) is 41.8 Å². The van der Waals surface area contributed by atoms with E-state index in [2.05, 4.69) is 26.0 Å². The minimum Gasteiger partial charge on any atom is -0.323 e. The first kappa shape index (κ1) is 21.1. The molecule has 2 aromatic rings. The summed E-state index contributed by atoms with van der Waals surface area (Å²) in [7, 11) is 0. The summed E-state index contributed by atoms with van der Waals surface area (Å²) in [6.07, 6.45) is 7.78. The van der Waals surface area contributed by atoms with Gasteiger partial charge in [0.15, 0.2) is 0 Å². The average molecular weight is 425 g/mol. The van der Waals surface area contributed by atoms with E-state index in [1.54, 1.807) is 11.3 Å². The minimum absolute atomic E-state index is 0.0600. The van der Waals surface area contributed by atoms with Crippen LogP contribution in [0.1, 0.15) is 75.3 Å². The molecular formula is C25H32N2O2S. The number of anilines is 1. The maximum atomic E-state index is 13.9. The summed E-state index contributed by atoms with van der Waals surface area (Å²) >= 11 is 1.60. The van der Waals surface area contributed by atoms with Crippen molar-refractivity contribution in [1.82, 2.24) is 4.90 Å². The predicted molar refractivity (Wildman–Crippen MR) is 123 cm³/mol. The van der Waals surface area contributed by atoms with Gasteiger partial charge in [-0.3, -0.25) is 9.59 Å². The monoisotopic (exact) mass is 424 g/mol. The highest BCUT2D eigenvalue weighted by molar-refractivity contribution is 7.10. The Labute approximate surface area is 183 Å². The first-order chi connectivity index (χ1) is 14.7. The van der Waals surface area contributed by atoms with E-state index in [1.165, 1.54) is 19.3 Å². The van der Waals surface area contributed by atoms with Crippen molar-refractivity contribution in [3.05, 3.63) is 52.2 Å². The maximum Gasteiger partial charge on any atom is 0.254 e. The summed E-state index contributed by atoms with van der Waals surface area (Å²) in [5.41, 5.74) is 2.01. The van der Waals surface area contributed by atoms with Gasteiger partial charge in [0.05, 0.1) is 6.42 Å². The summed E-state index contributed by atoms with van der Waals surface area (Å²) in [4.78, 5) is 32.4. The molecule has 1 aromatic heterocycles. The summed E-state index contributed by atoms with van der Waals surface area (Å²) in [5, 5.41) is 2.00. The van der Waals surface area contributed by atoms with Crippen LogP contribution in [-0.4, -0.2) is 28.8 Å². The van der Waals surface area contributed by atoms with Gasteiger partial charge in [-0.25, -0.2) is 0 Å². The number of hydrogen-bond acceptors (Lipinski definition) is 3. The molecule has 4 nitrogen and oxygen atoms in total. The summed E-state index contributed by atoms with van der Waals surface area (Å²) in [5.74, 6) is 0.152. The average Bonchev–Trinajstić information content (AvgIpc) is 3.38. The lowest BCUT2D eigenvalue weighted by Crippen LogP contribution is -2.49. The molecule has 0 saturated heterocycles. The third-order valence-corrected chi connectivity index (χ3v) is 7.59. The Balaban J connectivity index is 1.72. The van der Waals surface area contributed by atoms with Crippen LogP contribution < -0.4 is 4.90 Å². The fraction of sp³-hybridized carbons (Fsp3) is 0.520. The number of fused-ring (bicyclic) bond motifs is 1. The quantitative estimate of drug-likeness (QED) is 0.570. The van der Waals surface area contributed by atoms with Crippen LogP contribution in [0.2, 0.25) is 0 Å². The number of benzene rings is 1. The van der Waals surface area contributed by atoms with Crippen molar-refractivity contribution in [2.24, 2.45) is 0 Å². The standard InChI is InChI=1S/C25H32N2O2S/c1-3-18(4-2)27(23(28)17-20-13-10-16-30-20)24-21-14-8-9-15-22(21)26(25(24)29)19-11-6-5-7-12-19/h8-10,13-16,18-19,24H,3-7,11-12,17H2,1-2H3. The third-order valence-electron chi connectivity index (χ3n) is 6.71.